The van der Waals surface area contributed by atoms with Gasteiger partial charge in [0.15, 0.2) is 0 Å². The van der Waals surface area contributed by atoms with Gasteiger partial charge in [-0.15, -0.1) is 0 Å². The minimum atomic E-state index is 0.920. The quantitative estimate of drug-likeness (QED) is 0.865. The summed E-state index contributed by atoms with van der Waals surface area (Å²) in [6, 6.07) is 0. The zero-order valence-corrected chi connectivity index (χ0v) is 11.0. The molecule has 0 radical (unpaired) electrons. The van der Waals surface area contributed by atoms with E-state index < -0.39 is 0 Å². The van der Waals surface area contributed by atoms with Gasteiger partial charge in [0, 0.05) is 6.54 Å². The van der Waals surface area contributed by atoms with Crippen molar-refractivity contribution in [1.29, 1.82) is 0 Å². The number of nitrogens with zero attached hydrogens (tertiary/aromatic N) is 2. The number of anilines is 1. The third-order valence-corrected chi connectivity index (χ3v) is 3.78. The van der Waals surface area contributed by atoms with E-state index in [0.717, 1.165) is 29.7 Å². The molecule has 0 spiro atoms. The summed E-state index contributed by atoms with van der Waals surface area (Å²) in [6.45, 7) is 5.03. The van der Waals surface area contributed by atoms with Gasteiger partial charge < -0.3 is 5.32 Å². The zero-order valence-electron chi connectivity index (χ0n) is 11.0. The molecule has 1 heterocycles. The molecule has 1 aromatic rings. The van der Waals surface area contributed by atoms with E-state index in [-0.39, 0.29) is 0 Å². The predicted molar refractivity (Wildman–Crippen MR) is 71.2 cm³/mol. The van der Waals surface area contributed by atoms with Crippen LogP contribution in [0.25, 0.3) is 0 Å². The minimum Gasteiger partial charge on any atom is -0.369 e. The molecule has 0 amide bonds. The SMILES string of the molecule is Cc1ncc(NCCC2CCCCC2)nc1C. The van der Waals surface area contributed by atoms with Crippen molar-refractivity contribution in [3.8, 4) is 0 Å². The highest BCUT2D eigenvalue weighted by atomic mass is 15.0. The van der Waals surface area contributed by atoms with Crippen LogP contribution in [0, 0.1) is 19.8 Å². The van der Waals surface area contributed by atoms with Crippen molar-refractivity contribution < 1.29 is 0 Å². The minimum absolute atomic E-state index is 0.920. The molecule has 1 aliphatic rings. The number of hydrogen-bond donors (Lipinski definition) is 1. The fourth-order valence-corrected chi connectivity index (χ4v) is 2.51. The maximum Gasteiger partial charge on any atom is 0.144 e. The summed E-state index contributed by atoms with van der Waals surface area (Å²) < 4.78 is 0. The van der Waals surface area contributed by atoms with Crippen molar-refractivity contribution >= 4 is 5.82 Å². The molecule has 0 unspecified atom stereocenters. The Morgan fingerprint density at radius 2 is 1.94 bits per heavy atom. The smallest absolute Gasteiger partial charge is 0.144 e. The van der Waals surface area contributed by atoms with Crippen molar-refractivity contribution in [3.05, 3.63) is 17.6 Å². The van der Waals surface area contributed by atoms with Crippen LogP contribution in [0.2, 0.25) is 0 Å². The van der Waals surface area contributed by atoms with Gasteiger partial charge in [-0.2, -0.15) is 0 Å². The molecule has 1 aromatic heterocycles. The van der Waals surface area contributed by atoms with Gasteiger partial charge >= 0.3 is 0 Å². The van der Waals surface area contributed by atoms with E-state index in [0.29, 0.717) is 0 Å². The Balaban J connectivity index is 1.75. The van der Waals surface area contributed by atoms with Crippen LogP contribution in [-0.2, 0) is 0 Å². The second kappa shape index (κ2) is 5.99. The molecule has 1 fully saturated rings. The topological polar surface area (TPSA) is 37.8 Å². The molecule has 0 atom stereocenters. The zero-order chi connectivity index (χ0) is 12.1. The molecule has 0 bridgehead atoms. The standard InChI is InChI=1S/C14H23N3/c1-11-12(2)17-14(10-16-11)15-9-8-13-6-4-3-5-7-13/h10,13H,3-9H2,1-2H3,(H,15,17). The molecule has 3 nitrogen and oxygen atoms in total. The van der Waals surface area contributed by atoms with Crippen LogP contribution in [0.15, 0.2) is 6.20 Å². The van der Waals surface area contributed by atoms with E-state index in [1.165, 1.54) is 38.5 Å². The first-order valence-corrected chi connectivity index (χ1v) is 6.80. The Morgan fingerprint density at radius 1 is 1.18 bits per heavy atom. The second-order valence-corrected chi connectivity index (χ2v) is 5.15. The first-order chi connectivity index (χ1) is 8.25. The lowest BCUT2D eigenvalue weighted by atomic mass is 9.87. The molecule has 1 saturated carbocycles. The Kier molecular flexibility index (Phi) is 4.35. The van der Waals surface area contributed by atoms with E-state index in [9.17, 15) is 0 Å². The number of nitrogens with one attached hydrogen (secondary N) is 1. The highest BCUT2D eigenvalue weighted by Gasteiger charge is 2.12. The number of aromatic nitrogens is 2. The van der Waals surface area contributed by atoms with Crippen molar-refractivity contribution in [2.45, 2.75) is 52.4 Å². The summed E-state index contributed by atoms with van der Waals surface area (Å²) in [5.74, 6) is 1.85. The lowest BCUT2D eigenvalue weighted by Crippen LogP contribution is -2.13. The third kappa shape index (κ3) is 3.69. The molecule has 0 aliphatic heterocycles. The molecular formula is C14H23N3. The largest absolute Gasteiger partial charge is 0.369 e. The lowest BCUT2D eigenvalue weighted by molar-refractivity contribution is 0.345. The Morgan fingerprint density at radius 3 is 2.65 bits per heavy atom. The highest BCUT2D eigenvalue weighted by molar-refractivity contribution is 5.33. The Bertz CT molecular complexity index is 356. The van der Waals surface area contributed by atoms with Crippen LogP contribution in [0.4, 0.5) is 5.82 Å². The van der Waals surface area contributed by atoms with Crippen LogP contribution < -0.4 is 5.32 Å². The van der Waals surface area contributed by atoms with E-state index in [1.54, 1.807) is 0 Å². The van der Waals surface area contributed by atoms with Gasteiger partial charge in [0.25, 0.3) is 0 Å². The molecule has 1 aliphatic carbocycles. The lowest BCUT2D eigenvalue weighted by Gasteiger charge is -2.21. The molecule has 3 heteroatoms. The van der Waals surface area contributed by atoms with Crippen LogP contribution in [0.5, 0.6) is 0 Å². The second-order valence-electron chi connectivity index (χ2n) is 5.15. The van der Waals surface area contributed by atoms with E-state index in [2.05, 4.69) is 15.3 Å². The van der Waals surface area contributed by atoms with Crippen LogP contribution in [-0.4, -0.2) is 16.5 Å². The van der Waals surface area contributed by atoms with Crippen LogP contribution in [0.1, 0.15) is 49.9 Å². The first kappa shape index (κ1) is 12.3. The molecule has 17 heavy (non-hydrogen) atoms. The van der Waals surface area contributed by atoms with Gasteiger partial charge in [0.05, 0.1) is 17.6 Å². The van der Waals surface area contributed by atoms with E-state index in [4.69, 9.17) is 0 Å². The summed E-state index contributed by atoms with van der Waals surface area (Å²) >= 11 is 0. The van der Waals surface area contributed by atoms with Gasteiger partial charge in [-0.05, 0) is 26.2 Å². The Labute approximate surface area is 104 Å². The molecule has 0 aromatic carbocycles. The van der Waals surface area contributed by atoms with Gasteiger partial charge in [-0.25, -0.2) is 4.98 Å². The fourth-order valence-electron chi connectivity index (χ4n) is 2.51. The number of aryl methyl sites for hydroxylation is 2. The first-order valence-electron chi connectivity index (χ1n) is 6.80. The van der Waals surface area contributed by atoms with Gasteiger partial charge in [0.2, 0.25) is 0 Å². The predicted octanol–water partition coefficient (Wildman–Crippen LogP) is 3.48. The maximum atomic E-state index is 4.48. The number of hydrogen-bond acceptors (Lipinski definition) is 3. The molecule has 0 saturated heterocycles. The summed E-state index contributed by atoms with van der Waals surface area (Å²) in [5, 5.41) is 3.39. The summed E-state index contributed by atoms with van der Waals surface area (Å²) in [6.07, 6.45) is 10.2. The summed E-state index contributed by atoms with van der Waals surface area (Å²) in [7, 11) is 0. The summed E-state index contributed by atoms with van der Waals surface area (Å²) in [5.41, 5.74) is 2.04. The summed E-state index contributed by atoms with van der Waals surface area (Å²) in [4.78, 5) is 8.80. The van der Waals surface area contributed by atoms with Crippen molar-refractivity contribution in [2.24, 2.45) is 5.92 Å². The van der Waals surface area contributed by atoms with Gasteiger partial charge in [-0.1, -0.05) is 32.1 Å². The average Bonchev–Trinajstić information content (AvgIpc) is 2.35. The van der Waals surface area contributed by atoms with Crippen molar-refractivity contribution in [1.82, 2.24) is 9.97 Å². The fraction of sp³-hybridized carbons (Fsp3) is 0.714. The average molecular weight is 233 g/mol. The van der Waals surface area contributed by atoms with Gasteiger partial charge in [-0.3, -0.25) is 4.98 Å². The highest BCUT2D eigenvalue weighted by Crippen LogP contribution is 2.26. The number of rotatable bonds is 4. The van der Waals surface area contributed by atoms with Crippen molar-refractivity contribution in [3.63, 3.8) is 0 Å². The Hall–Kier alpha value is -1.12. The monoisotopic (exact) mass is 233 g/mol. The van der Waals surface area contributed by atoms with Crippen LogP contribution >= 0.6 is 0 Å². The molecular weight excluding hydrogens is 210 g/mol. The molecule has 1 N–H and O–H groups in total. The molecule has 2 rings (SSSR count). The van der Waals surface area contributed by atoms with Crippen molar-refractivity contribution in [2.75, 3.05) is 11.9 Å². The third-order valence-electron chi connectivity index (χ3n) is 3.78. The normalized spacial score (nSPS) is 17.1. The van der Waals surface area contributed by atoms with Gasteiger partial charge in [0.1, 0.15) is 5.82 Å². The van der Waals surface area contributed by atoms with E-state index >= 15 is 0 Å². The van der Waals surface area contributed by atoms with E-state index in [1.807, 2.05) is 20.0 Å². The maximum absolute atomic E-state index is 4.48. The van der Waals surface area contributed by atoms with Crippen LogP contribution in [0.3, 0.4) is 0 Å². The molecule has 94 valence electrons.